The molecular formula is C16H30N2O2. The first-order valence-electron chi connectivity index (χ1n) is 8.03. The smallest absolute Gasteiger partial charge is 0.310 e. The molecule has 2 aliphatic heterocycles. The molecule has 4 nitrogen and oxygen atoms in total. The Labute approximate surface area is 123 Å². The fourth-order valence-corrected chi connectivity index (χ4v) is 3.16. The highest BCUT2D eigenvalue weighted by molar-refractivity contribution is 5.73. The lowest BCUT2D eigenvalue weighted by atomic mass is 9.91. The van der Waals surface area contributed by atoms with E-state index >= 15 is 0 Å². The van der Waals surface area contributed by atoms with Crippen LogP contribution in [0.25, 0.3) is 0 Å². The Balaban J connectivity index is 1.86. The van der Waals surface area contributed by atoms with Gasteiger partial charge in [0.05, 0.1) is 5.92 Å². The van der Waals surface area contributed by atoms with Crippen LogP contribution in [0.15, 0.2) is 0 Å². The Morgan fingerprint density at radius 1 is 1.20 bits per heavy atom. The molecule has 0 unspecified atom stereocenters. The summed E-state index contributed by atoms with van der Waals surface area (Å²) in [4.78, 5) is 14.8. The van der Waals surface area contributed by atoms with Gasteiger partial charge in [-0.25, -0.2) is 0 Å². The van der Waals surface area contributed by atoms with Gasteiger partial charge in [0, 0.05) is 19.1 Å². The molecule has 0 amide bonds. The maximum Gasteiger partial charge on any atom is 0.310 e. The summed E-state index contributed by atoms with van der Waals surface area (Å²) < 4.78 is 5.53. The first-order chi connectivity index (χ1) is 9.35. The van der Waals surface area contributed by atoms with Crippen LogP contribution in [0.3, 0.4) is 0 Å². The second-order valence-electron chi connectivity index (χ2n) is 7.50. The third-order valence-electron chi connectivity index (χ3n) is 4.40. The molecule has 2 fully saturated rings. The number of hydrogen-bond acceptors (Lipinski definition) is 4. The van der Waals surface area contributed by atoms with Crippen LogP contribution in [-0.4, -0.2) is 48.7 Å². The van der Waals surface area contributed by atoms with Crippen LogP contribution in [0.5, 0.6) is 0 Å². The number of piperidine rings is 2. The molecule has 20 heavy (non-hydrogen) atoms. The molecule has 1 N–H and O–H groups in total. The van der Waals surface area contributed by atoms with Crippen molar-refractivity contribution in [3.8, 4) is 0 Å². The Morgan fingerprint density at radius 2 is 1.85 bits per heavy atom. The number of likely N-dealkylation sites (tertiary alicyclic amines) is 1. The van der Waals surface area contributed by atoms with E-state index in [4.69, 9.17) is 4.74 Å². The zero-order valence-corrected chi connectivity index (χ0v) is 13.4. The summed E-state index contributed by atoms with van der Waals surface area (Å²) in [5.41, 5.74) is -0.384. The monoisotopic (exact) mass is 282 g/mol. The SMILES string of the molecule is CC1CCN([C@@H]2CNC[C@H](C(=O)OC(C)(C)C)C2)CC1. The lowest BCUT2D eigenvalue weighted by Crippen LogP contribution is -2.53. The van der Waals surface area contributed by atoms with Crippen molar-refractivity contribution in [1.82, 2.24) is 10.2 Å². The molecular weight excluding hydrogens is 252 g/mol. The second-order valence-corrected chi connectivity index (χ2v) is 7.50. The maximum absolute atomic E-state index is 12.2. The molecule has 2 atom stereocenters. The number of carbonyl (C=O) groups is 1. The maximum atomic E-state index is 12.2. The lowest BCUT2D eigenvalue weighted by Gasteiger charge is -2.40. The highest BCUT2D eigenvalue weighted by Gasteiger charge is 2.33. The zero-order chi connectivity index (χ0) is 14.8. The summed E-state index contributed by atoms with van der Waals surface area (Å²) in [6.45, 7) is 12.3. The highest BCUT2D eigenvalue weighted by Crippen LogP contribution is 2.24. The van der Waals surface area contributed by atoms with E-state index in [0.717, 1.165) is 25.4 Å². The summed E-state index contributed by atoms with van der Waals surface area (Å²) in [6.07, 6.45) is 3.51. The molecule has 2 heterocycles. The topological polar surface area (TPSA) is 41.6 Å². The molecule has 0 spiro atoms. The van der Waals surface area contributed by atoms with Crippen LogP contribution >= 0.6 is 0 Å². The molecule has 0 aromatic carbocycles. The van der Waals surface area contributed by atoms with Crippen LogP contribution < -0.4 is 5.32 Å². The zero-order valence-electron chi connectivity index (χ0n) is 13.4. The van der Waals surface area contributed by atoms with Gasteiger partial charge in [-0.05, 0) is 59.0 Å². The van der Waals surface area contributed by atoms with Crippen LogP contribution in [-0.2, 0) is 9.53 Å². The van der Waals surface area contributed by atoms with Crippen LogP contribution in [0.2, 0.25) is 0 Å². The van der Waals surface area contributed by atoms with Crippen molar-refractivity contribution in [3.63, 3.8) is 0 Å². The van der Waals surface area contributed by atoms with E-state index in [0.29, 0.717) is 6.04 Å². The number of esters is 1. The van der Waals surface area contributed by atoms with Gasteiger partial charge in [0.1, 0.15) is 5.60 Å². The van der Waals surface area contributed by atoms with Crippen molar-refractivity contribution in [1.29, 1.82) is 0 Å². The van der Waals surface area contributed by atoms with Gasteiger partial charge in [-0.15, -0.1) is 0 Å². The van der Waals surface area contributed by atoms with Gasteiger partial charge in [-0.1, -0.05) is 6.92 Å². The molecule has 2 aliphatic rings. The van der Waals surface area contributed by atoms with Crippen LogP contribution in [0.4, 0.5) is 0 Å². The van der Waals surface area contributed by atoms with E-state index in [-0.39, 0.29) is 17.5 Å². The molecule has 2 saturated heterocycles. The molecule has 0 aliphatic carbocycles. The summed E-state index contributed by atoms with van der Waals surface area (Å²) in [5.74, 6) is 0.817. The van der Waals surface area contributed by atoms with E-state index in [9.17, 15) is 4.79 Å². The van der Waals surface area contributed by atoms with Gasteiger partial charge in [-0.2, -0.15) is 0 Å². The minimum Gasteiger partial charge on any atom is -0.460 e. The van der Waals surface area contributed by atoms with E-state index in [1.54, 1.807) is 0 Å². The van der Waals surface area contributed by atoms with E-state index < -0.39 is 0 Å². The largest absolute Gasteiger partial charge is 0.460 e. The summed E-state index contributed by atoms with van der Waals surface area (Å²) in [5, 5.41) is 3.42. The first-order valence-corrected chi connectivity index (χ1v) is 8.03. The number of ether oxygens (including phenoxy) is 1. The average Bonchev–Trinajstić information content (AvgIpc) is 2.38. The second kappa shape index (κ2) is 6.44. The van der Waals surface area contributed by atoms with Crippen LogP contribution in [0, 0.1) is 11.8 Å². The van der Waals surface area contributed by atoms with E-state index in [1.807, 2.05) is 20.8 Å². The fraction of sp³-hybridized carbons (Fsp3) is 0.938. The van der Waals surface area contributed by atoms with Crippen molar-refractivity contribution in [2.24, 2.45) is 11.8 Å². The minimum atomic E-state index is -0.384. The third kappa shape index (κ3) is 4.45. The molecule has 0 radical (unpaired) electrons. The Morgan fingerprint density at radius 3 is 2.45 bits per heavy atom. The molecule has 116 valence electrons. The molecule has 0 saturated carbocycles. The molecule has 0 aromatic heterocycles. The fourth-order valence-electron chi connectivity index (χ4n) is 3.16. The molecule has 2 rings (SSSR count). The van der Waals surface area contributed by atoms with Gasteiger partial charge < -0.3 is 10.1 Å². The van der Waals surface area contributed by atoms with Crippen molar-refractivity contribution in [2.45, 2.75) is 58.6 Å². The van der Waals surface area contributed by atoms with E-state index in [2.05, 4.69) is 17.1 Å². The quantitative estimate of drug-likeness (QED) is 0.787. The standard InChI is InChI=1S/C16H30N2O2/c1-12-5-7-18(8-6-12)14-9-13(10-17-11-14)15(19)20-16(2,3)4/h12-14,17H,5-11H2,1-4H3/t13-,14+/m1/s1. The van der Waals surface area contributed by atoms with Gasteiger partial charge >= 0.3 is 5.97 Å². The van der Waals surface area contributed by atoms with Crippen LogP contribution in [0.1, 0.15) is 47.0 Å². The highest BCUT2D eigenvalue weighted by atomic mass is 16.6. The molecule has 0 bridgehead atoms. The number of carbonyl (C=O) groups excluding carboxylic acids is 1. The summed E-state index contributed by atoms with van der Waals surface area (Å²) in [6, 6.07) is 0.494. The van der Waals surface area contributed by atoms with Crippen molar-refractivity contribution in [3.05, 3.63) is 0 Å². The van der Waals surface area contributed by atoms with E-state index in [1.165, 1.54) is 25.9 Å². The Kier molecular flexibility index (Phi) is 5.08. The number of nitrogens with zero attached hydrogens (tertiary/aromatic N) is 1. The summed E-state index contributed by atoms with van der Waals surface area (Å²) >= 11 is 0. The van der Waals surface area contributed by atoms with Gasteiger partial charge in [0.2, 0.25) is 0 Å². The minimum absolute atomic E-state index is 0.00678. The van der Waals surface area contributed by atoms with Gasteiger partial charge in [0.25, 0.3) is 0 Å². The van der Waals surface area contributed by atoms with Crippen molar-refractivity contribution >= 4 is 5.97 Å². The first kappa shape index (κ1) is 15.8. The number of rotatable bonds is 2. The Hall–Kier alpha value is -0.610. The predicted molar refractivity (Wildman–Crippen MR) is 80.6 cm³/mol. The van der Waals surface area contributed by atoms with Gasteiger partial charge in [0.15, 0.2) is 0 Å². The van der Waals surface area contributed by atoms with Crippen molar-refractivity contribution < 1.29 is 9.53 Å². The third-order valence-corrected chi connectivity index (χ3v) is 4.40. The molecule has 4 heteroatoms. The Bertz CT molecular complexity index is 330. The molecule has 0 aromatic rings. The predicted octanol–water partition coefficient (Wildman–Crippen LogP) is 2.04. The average molecular weight is 282 g/mol. The number of nitrogens with one attached hydrogen (secondary N) is 1. The normalized spacial score (nSPS) is 30.2. The number of hydrogen-bond donors (Lipinski definition) is 1. The van der Waals surface area contributed by atoms with Crippen molar-refractivity contribution in [2.75, 3.05) is 26.2 Å². The lowest BCUT2D eigenvalue weighted by molar-refractivity contribution is -0.161. The van der Waals surface area contributed by atoms with Gasteiger partial charge in [-0.3, -0.25) is 9.69 Å². The summed E-state index contributed by atoms with van der Waals surface area (Å²) in [7, 11) is 0.